The number of thiocarbonyl (C=S) groups is 1. The van der Waals surface area contributed by atoms with Crippen LogP contribution in [0.5, 0.6) is 0 Å². The summed E-state index contributed by atoms with van der Waals surface area (Å²) >= 11 is 5.75. The number of likely N-dealkylation sites (tertiary alicyclic amines) is 1. The SMILES string of the molecule is CC[C@H](C)[C@@H]([C@@H](CC(=O)N1CCC[C@H]1[C@H](OC)[C@@H](C)C(=S)N[C@@H](Cc1ccccc1)C(=O)O)OC)N(C)C(=O)[C@@H](CC(=O)[C@@H](NC)C(C)C)C(C)C. The molecule has 3 N–H and O–H groups in total. The Hall–Kier alpha value is -2.93. The number of carbonyl (C=O) groups excluding carboxylic acids is 3. The summed E-state index contributed by atoms with van der Waals surface area (Å²) in [4.78, 5) is 57.8. The summed E-state index contributed by atoms with van der Waals surface area (Å²) in [6, 6.07) is 7.46. The average Bonchev–Trinajstić information content (AvgIpc) is 3.59. The number of benzene rings is 1. The molecule has 0 aromatic heterocycles. The first kappa shape index (κ1) is 45.2. The third-order valence-electron chi connectivity index (χ3n) is 11.0. The molecule has 11 nitrogen and oxygen atoms in total. The number of nitrogens with zero attached hydrogens (tertiary/aromatic N) is 2. The number of rotatable bonds is 22. The largest absolute Gasteiger partial charge is 0.480 e. The summed E-state index contributed by atoms with van der Waals surface area (Å²) in [6.07, 6.45) is 1.67. The Morgan fingerprint density at radius 2 is 1.63 bits per heavy atom. The Balaban J connectivity index is 2.26. The Bertz CT molecular complexity index is 1310. The lowest BCUT2D eigenvalue weighted by Crippen LogP contribution is -2.54. The van der Waals surface area contributed by atoms with E-state index in [9.17, 15) is 24.3 Å². The van der Waals surface area contributed by atoms with Gasteiger partial charge in [0.1, 0.15) is 6.04 Å². The van der Waals surface area contributed by atoms with Gasteiger partial charge in [-0.1, -0.05) is 97.4 Å². The summed E-state index contributed by atoms with van der Waals surface area (Å²) in [7, 11) is 6.71. The van der Waals surface area contributed by atoms with Crippen molar-refractivity contribution in [2.24, 2.45) is 29.6 Å². The van der Waals surface area contributed by atoms with Gasteiger partial charge in [0, 0.05) is 52.5 Å². The lowest BCUT2D eigenvalue weighted by atomic mass is 9.84. The van der Waals surface area contributed by atoms with Crippen LogP contribution in [0.3, 0.4) is 0 Å². The molecule has 1 saturated heterocycles. The fraction of sp³-hybridized carbons (Fsp3) is 0.725. The first-order chi connectivity index (χ1) is 24.5. The minimum absolute atomic E-state index is 0.0126. The molecule has 1 heterocycles. The lowest BCUT2D eigenvalue weighted by Gasteiger charge is -2.41. The Kier molecular flexibility index (Phi) is 18.9. The number of hydrogen-bond donors (Lipinski definition) is 3. The zero-order valence-corrected chi connectivity index (χ0v) is 34.2. The lowest BCUT2D eigenvalue weighted by molar-refractivity contribution is -0.148. The molecule has 1 fully saturated rings. The van der Waals surface area contributed by atoms with Crippen molar-refractivity contribution >= 4 is 40.8 Å². The second-order valence-corrected chi connectivity index (χ2v) is 15.6. The maximum Gasteiger partial charge on any atom is 0.326 e. The van der Waals surface area contributed by atoms with Crippen molar-refractivity contribution in [3.63, 3.8) is 0 Å². The molecule has 0 bridgehead atoms. The zero-order valence-electron chi connectivity index (χ0n) is 33.4. The van der Waals surface area contributed by atoms with Gasteiger partial charge in [0.05, 0.1) is 41.7 Å². The molecule has 2 amide bonds. The Morgan fingerprint density at radius 1 is 1.00 bits per heavy atom. The van der Waals surface area contributed by atoms with E-state index < -0.39 is 36.2 Å². The highest BCUT2D eigenvalue weighted by atomic mass is 32.1. The monoisotopic (exact) mass is 746 g/mol. The van der Waals surface area contributed by atoms with E-state index in [-0.39, 0.29) is 72.6 Å². The molecular weight excluding hydrogens is 681 g/mol. The molecule has 0 unspecified atom stereocenters. The molecular formula is C40H66N4O7S. The van der Waals surface area contributed by atoms with Crippen molar-refractivity contribution in [3.05, 3.63) is 35.9 Å². The number of ketones is 1. The van der Waals surface area contributed by atoms with E-state index in [1.54, 1.807) is 33.2 Å². The molecule has 0 saturated carbocycles. The molecule has 12 heteroatoms. The second-order valence-electron chi connectivity index (χ2n) is 15.2. The van der Waals surface area contributed by atoms with Crippen LogP contribution in [-0.2, 0) is 35.1 Å². The highest BCUT2D eigenvalue weighted by Gasteiger charge is 2.43. The van der Waals surface area contributed by atoms with Crippen LogP contribution in [0.4, 0.5) is 0 Å². The standard InChI is InChI=1S/C40H66N4O7S/c1-12-26(6)36(43(9)39(47)29(24(2)3)22-32(45)35(41-8)25(4)5)33(50-10)23-34(46)44-20-16-19-31(44)37(51-11)27(7)38(52)42-30(40(48)49)21-28-17-14-13-15-18-28/h13-15,17-18,24-27,29-31,33,35-37,41H,12,16,19-23H2,1-11H3,(H,42,52)(H,48,49)/t26-,27+,29-,30-,31-,33+,35-,36-,37+/m0/s1. The Labute approximate surface area is 317 Å². The maximum atomic E-state index is 14.2. The van der Waals surface area contributed by atoms with Crippen LogP contribution >= 0.6 is 12.2 Å². The van der Waals surface area contributed by atoms with Gasteiger partial charge in [0.2, 0.25) is 11.8 Å². The average molecular weight is 747 g/mol. The van der Waals surface area contributed by atoms with Gasteiger partial charge in [0.25, 0.3) is 0 Å². The van der Waals surface area contributed by atoms with E-state index in [2.05, 4.69) is 24.5 Å². The van der Waals surface area contributed by atoms with Crippen LogP contribution < -0.4 is 10.6 Å². The minimum atomic E-state index is -1.00. The summed E-state index contributed by atoms with van der Waals surface area (Å²) in [5.41, 5.74) is 0.881. The van der Waals surface area contributed by atoms with Gasteiger partial charge >= 0.3 is 5.97 Å². The van der Waals surface area contributed by atoms with Crippen LogP contribution in [-0.4, -0.2) is 115 Å². The number of carboxylic acid groups (broad SMARTS) is 1. The fourth-order valence-corrected chi connectivity index (χ4v) is 8.02. The third kappa shape index (κ3) is 12.0. The summed E-state index contributed by atoms with van der Waals surface area (Å²) in [5.74, 6) is -2.05. The van der Waals surface area contributed by atoms with Crippen molar-refractivity contribution < 1.29 is 33.8 Å². The first-order valence-electron chi connectivity index (χ1n) is 18.9. The van der Waals surface area contributed by atoms with Gasteiger partial charge in [-0.25, -0.2) is 4.79 Å². The molecule has 0 spiro atoms. The molecule has 2 rings (SSSR count). The van der Waals surface area contributed by atoms with Crippen molar-refractivity contribution in [1.29, 1.82) is 0 Å². The fourth-order valence-electron chi connectivity index (χ4n) is 7.74. The summed E-state index contributed by atoms with van der Waals surface area (Å²) < 4.78 is 12.0. The van der Waals surface area contributed by atoms with Gasteiger partial charge in [-0.2, -0.15) is 0 Å². The molecule has 294 valence electrons. The quantitative estimate of drug-likeness (QED) is 0.139. The van der Waals surface area contributed by atoms with E-state index in [4.69, 9.17) is 21.7 Å². The molecule has 1 aliphatic rings. The molecule has 1 aliphatic heterocycles. The summed E-state index contributed by atoms with van der Waals surface area (Å²) in [6.45, 7) is 14.5. The van der Waals surface area contributed by atoms with Crippen molar-refractivity contribution in [2.45, 2.75) is 123 Å². The molecule has 9 atom stereocenters. The topological polar surface area (TPSA) is 138 Å². The number of carboxylic acids is 1. The van der Waals surface area contributed by atoms with Crippen LogP contribution in [0.15, 0.2) is 30.3 Å². The van der Waals surface area contributed by atoms with E-state index >= 15 is 0 Å². The van der Waals surface area contributed by atoms with Gasteiger partial charge < -0.3 is 35.0 Å². The van der Waals surface area contributed by atoms with Gasteiger partial charge in [-0.05, 0) is 43.2 Å². The Morgan fingerprint density at radius 3 is 2.13 bits per heavy atom. The normalized spacial score (nSPS) is 19.3. The summed E-state index contributed by atoms with van der Waals surface area (Å²) in [5, 5.41) is 16.1. The highest BCUT2D eigenvalue weighted by molar-refractivity contribution is 7.80. The van der Waals surface area contributed by atoms with E-state index in [1.165, 1.54) is 0 Å². The number of amides is 2. The van der Waals surface area contributed by atoms with Gasteiger partial charge in [-0.3, -0.25) is 14.4 Å². The van der Waals surface area contributed by atoms with Gasteiger partial charge in [-0.15, -0.1) is 0 Å². The van der Waals surface area contributed by atoms with Crippen LogP contribution in [0.25, 0.3) is 0 Å². The van der Waals surface area contributed by atoms with Crippen molar-refractivity contribution in [2.75, 3.05) is 34.9 Å². The van der Waals surface area contributed by atoms with E-state index in [0.717, 1.165) is 18.4 Å². The maximum absolute atomic E-state index is 14.2. The molecule has 1 aromatic rings. The molecule has 0 radical (unpaired) electrons. The molecule has 52 heavy (non-hydrogen) atoms. The van der Waals surface area contributed by atoms with Crippen LogP contribution in [0.2, 0.25) is 0 Å². The van der Waals surface area contributed by atoms with Crippen molar-refractivity contribution in [1.82, 2.24) is 20.4 Å². The number of aliphatic carboxylic acids is 1. The van der Waals surface area contributed by atoms with Crippen LogP contribution in [0.1, 0.15) is 86.1 Å². The predicted molar refractivity (Wildman–Crippen MR) is 209 cm³/mol. The number of likely N-dealkylation sites (N-methyl/N-ethyl adjacent to an activating group) is 2. The number of carbonyl (C=O) groups is 4. The smallest absolute Gasteiger partial charge is 0.326 e. The molecule has 0 aliphatic carbocycles. The molecule has 1 aromatic carbocycles. The number of nitrogens with one attached hydrogen (secondary N) is 2. The zero-order chi connectivity index (χ0) is 39.3. The van der Waals surface area contributed by atoms with Crippen LogP contribution in [0, 0.1) is 29.6 Å². The highest BCUT2D eigenvalue weighted by Crippen LogP contribution is 2.31. The first-order valence-corrected chi connectivity index (χ1v) is 19.3. The number of Topliss-reactive ketones (excluding diaryl/α,β-unsaturated/α-hetero) is 1. The van der Waals surface area contributed by atoms with E-state index in [1.807, 2.05) is 69.9 Å². The van der Waals surface area contributed by atoms with Crippen molar-refractivity contribution in [3.8, 4) is 0 Å². The third-order valence-corrected chi connectivity index (χ3v) is 11.5. The number of ether oxygens (including phenoxy) is 2. The minimum Gasteiger partial charge on any atom is -0.480 e. The second kappa shape index (κ2) is 21.7. The van der Waals surface area contributed by atoms with E-state index in [0.29, 0.717) is 18.0 Å². The number of hydrogen-bond acceptors (Lipinski definition) is 8. The number of methoxy groups -OCH3 is 2. The van der Waals surface area contributed by atoms with Gasteiger partial charge in [0.15, 0.2) is 5.78 Å². The predicted octanol–water partition coefficient (Wildman–Crippen LogP) is 5.00.